The molecular weight excluding hydrogens is 278 g/mol. The van der Waals surface area contributed by atoms with E-state index in [2.05, 4.69) is 17.4 Å². The molecule has 2 N–H and O–H groups in total. The molecule has 118 valence electrons. The first-order valence-corrected chi connectivity index (χ1v) is 7.51. The van der Waals surface area contributed by atoms with Gasteiger partial charge in [-0.1, -0.05) is 29.8 Å². The summed E-state index contributed by atoms with van der Waals surface area (Å²) in [6, 6.07) is 8.14. The second-order valence-electron chi connectivity index (χ2n) is 5.71. The van der Waals surface area contributed by atoms with Crippen LogP contribution in [0, 0.1) is 0 Å². The zero-order valence-corrected chi connectivity index (χ0v) is 13.3. The Hall–Kier alpha value is -2.07. The van der Waals surface area contributed by atoms with Crippen LogP contribution in [0.4, 0.5) is 0 Å². The normalized spacial score (nSPS) is 18.4. The minimum Gasteiger partial charge on any atom is -0.469 e. The molecule has 22 heavy (non-hydrogen) atoms. The van der Waals surface area contributed by atoms with Crippen molar-refractivity contribution < 1.29 is 14.6 Å². The van der Waals surface area contributed by atoms with Gasteiger partial charge in [-0.05, 0) is 43.9 Å². The largest absolute Gasteiger partial charge is 0.469 e. The number of carbonyl (C=O) groups is 1. The Morgan fingerprint density at radius 3 is 2.82 bits per heavy atom. The van der Waals surface area contributed by atoms with E-state index in [0.717, 1.165) is 24.0 Å². The Balaban J connectivity index is 2.25. The standard InChI is InChI=1S/C18H23NO3/c1-12(2)10-17(20)22-11-16(18(21)19-3)15-9-8-13-6-4-5-7-14(13)15/h4-7,10-11,15,17,20H,8-9H2,1-3H3,(H,19,21)/b16-11+. The second-order valence-corrected chi connectivity index (χ2v) is 5.71. The number of ether oxygens (including phenoxy) is 1. The van der Waals surface area contributed by atoms with Gasteiger partial charge < -0.3 is 15.2 Å². The van der Waals surface area contributed by atoms with E-state index in [1.54, 1.807) is 13.1 Å². The Morgan fingerprint density at radius 2 is 2.14 bits per heavy atom. The van der Waals surface area contributed by atoms with Crippen molar-refractivity contribution in [1.29, 1.82) is 0 Å². The molecule has 1 aromatic rings. The van der Waals surface area contributed by atoms with Gasteiger partial charge in [0.25, 0.3) is 5.91 Å². The van der Waals surface area contributed by atoms with Crippen LogP contribution >= 0.6 is 0 Å². The Kier molecular flexibility index (Phi) is 5.39. The molecule has 2 rings (SSSR count). The summed E-state index contributed by atoms with van der Waals surface area (Å²) in [5, 5.41) is 12.4. The van der Waals surface area contributed by atoms with E-state index in [4.69, 9.17) is 4.74 Å². The van der Waals surface area contributed by atoms with Gasteiger partial charge in [-0.2, -0.15) is 0 Å². The highest BCUT2D eigenvalue weighted by Gasteiger charge is 2.29. The number of amides is 1. The average Bonchev–Trinajstić information content (AvgIpc) is 2.90. The smallest absolute Gasteiger partial charge is 0.250 e. The van der Waals surface area contributed by atoms with Crippen molar-refractivity contribution in [3.05, 3.63) is 58.9 Å². The highest BCUT2D eigenvalue weighted by atomic mass is 16.6. The predicted octanol–water partition coefficient (Wildman–Crippen LogP) is 2.65. The molecule has 1 aromatic carbocycles. The van der Waals surface area contributed by atoms with Gasteiger partial charge in [0.05, 0.1) is 11.8 Å². The van der Waals surface area contributed by atoms with Gasteiger partial charge in [0.2, 0.25) is 6.29 Å². The van der Waals surface area contributed by atoms with Gasteiger partial charge in [0.1, 0.15) is 0 Å². The zero-order chi connectivity index (χ0) is 16.1. The fourth-order valence-electron chi connectivity index (χ4n) is 2.79. The van der Waals surface area contributed by atoms with Crippen LogP contribution in [0.3, 0.4) is 0 Å². The number of aliphatic hydroxyl groups excluding tert-OH is 1. The third-order valence-corrected chi connectivity index (χ3v) is 3.81. The SMILES string of the molecule is CNC(=O)/C(=C/OC(O)C=C(C)C)C1CCc2ccccc21. The van der Waals surface area contributed by atoms with Gasteiger partial charge in [-0.25, -0.2) is 0 Å². The number of hydrogen-bond acceptors (Lipinski definition) is 3. The number of allylic oxidation sites excluding steroid dienone is 1. The molecule has 0 spiro atoms. The lowest BCUT2D eigenvalue weighted by Crippen LogP contribution is -2.24. The van der Waals surface area contributed by atoms with Gasteiger partial charge in [0, 0.05) is 13.0 Å². The molecule has 0 heterocycles. The summed E-state index contributed by atoms with van der Waals surface area (Å²) in [4.78, 5) is 12.2. The molecule has 0 radical (unpaired) electrons. The number of benzene rings is 1. The highest BCUT2D eigenvalue weighted by Crippen LogP contribution is 2.38. The maximum atomic E-state index is 12.2. The van der Waals surface area contributed by atoms with Crippen molar-refractivity contribution in [1.82, 2.24) is 5.32 Å². The van der Waals surface area contributed by atoms with Gasteiger partial charge in [-0.15, -0.1) is 0 Å². The molecule has 4 nitrogen and oxygen atoms in total. The predicted molar refractivity (Wildman–Crippen MR) is 86.2 cm³/mol. The molecular formula is C18H23NO3. The molecule has 0 aromatic heterocycles. The second kappa shape index (κ2) is 7.27. The Labute approximate surface area is 131 Å². The van der Waals surface area contributed by atoms with Crippen molar-refractivity contribution in [2.75, 3.05) is 7.05 Å². The van der Waals surface area contributed by atoms with Gasteiger partial charge in [-0.3, -0.25) is 4.79 Å². The third kappa shape index (κ3) is 3.77. The van der Waals surface area contributed by atoms with E-state index in [1.807, 2.05) is 26.0 Å². The fraction of sp³-hybridized carbons (Fsp3) is 0.389. The number of nitrogens with one attached hydrogen (secondary N) is 1. The highest BCUT2D eigenvalue weighted by molar-refractivity contribution is 5.94. The monoisotopic (exact) mass is 301 g/mol. The number of fused-ring (bicyclic) bond motifs is 1. The van der Waals surface area contributed by atoms with Crippen molar-refractivity contribution in [2.45, 2.75) is 38.9 Å². The number of aryl methyl sites for hydroxylation is 1. The molecule has 0 saturated heterocycles. The lowest BCUT2D eigenvalue weighted by atomic mass is 9.93. The topological polar surface area (TPSA) is 58.6 Å². The van der Waals surface area contributed by atoms with Gasteiger partial charge >= 0.3 is 0 Å². The van der Waals surface area contributed by atoms with E-state index >= 15 is 0 Å². The van der Waals surface area contributed by atoms with E-state index in [0.29, 0.717) is 5.57 Å². The molecule has 2 atom stereocenters. The Bertz CT molecular complexity index is 600. The summed E-state index contributed by atoms with van der Waals surface area (Å²) >= 11 is 0. The molecule has 0 fully saturated rings. The molecule has 2 unspecified atom stereocenters. The molecule has 1 amide bonds. The molecule has 0 saturated carbocycles. The van der Waals surface area contributed by atoms with Crippen molar-refractivity contribution in [2.24, 2.45) is 0 Å². The van der Waals surface area contributed by atoms with Crippen molar-refractivity contribution in [3.63, 3.8) is 0 Å². The quantitative estimate of drug-likeness (QED) is 0.380. The molecule has 4 heteroatoms. The van der Waals surface area contributed by atoms with Crippen LogP contribution in [0.2, 0.25) is 0 Å². The minimum absolute atomic E-state index is 0.00931. The number of rotatable bonds is 5. The molecule has 0 aliphatic heterocycles. The summed E-state index contributed by atoms with van der Waals surface area (Å²) in [7, 11) is 1.60. The molecule has 0 bridgehead atoms. The summed E-state index contributed by atoms with van der Waals surface area (Å²) in [5.41, 5.74) is 3.94. The third-order valence-electron chi connectivity index (χ3n) is 3.81. The number of likely N-dealkylation sites (N-methyl/N-ethyl adjacent to an activating group) is 1. The summed E-state index contributed by atoms with van der Waals surface area (Å²) in [6.45, 7) is 3.76. The lowest BCUT2D eigenvalue weighted by molar-refractivity contribution is -0.117. The minimum atomic E-state index is -1.04. The van der Waals surface area contributed by atoms with Crippen LogP contribution in [0.1, 0.15) is 37.3 Å². The van der Waals surface area contributed by atoms with Crippen LogP contribution < -0.4 is 5.32 Å². The van der Waals surface area contributed by atoms with Gasteiger partial charge in [0.15, 0.2) is 0 Å². The average molecular weight is 301 g/mol. The number of carbonyl (C=O) groups excluding carboxylic acids is 1. The first kappa shape index (κ1) is 16.3. The fourth-order valence-corrected chi connectivity index (χ4v) is 2.79. The van der Waals surface area contributed by atoms with Crippen LogP contribution in [0.15, 0.2) is 47.7 Å². The van der Waals surface area contributed by atoms with E-state index < -0.39 is 6.29 Å². The van der Waals surface area contributed by atoms with E-state index in [-0.39, 0.29) is 11.8 Å². The zero-order valence-electron chi connectivity index (χ0n) is 13.3. The number of hydrogen-bond donors (Lipinski definition) is 2. The Morgan fingerprint density at radius 1 is 1.41 bits per heavy atom. The van der Waals surface area contributed by atoms with Crippen LogP contribution in [0.25, 0.3) is 0 Å². The lowest BCUT2D eigenvalue weighted by Gasteiger charge is -2.16. The van der Waals surface area contributed by atoms with Crippen LogP contribution in [0.5, 0.6) is 0 Å². The van der Waals surface area contributed by atoms with E-state index in [1.165, 1.54) is 11.8 Å². The van der Waals surface area contributed by atoms with E-state index in [9.17, 15) is 9.90 Å². The number of aliphatic hydroxyl groups is 1. The molecule has 1 aliphatic carbocycles. The summed E-state index contributed by atoms with van der Waals surface area (Å²) in [5.74, 6) is -0.166. The van der Waals surface area contributed by atoms with Crippen molar-refractivity contribution in [3.8, 4) is 0 Å². The van der Waals surface area contributed by atoms with Crippen LogP contribution in [-0.2, 0) is 16.0 Å². The summed E-state index contributed by atoms with van der Waals surface area (Å²) < 4.78 is 5.32. The molecule has 1 aliphatic rings. The summed E-state index contributed by atoms with van der Waals surface area (Å²) in [6.07, 6.45) is 3.78. The van der Waals surface area contributed by atoms with Crippen molar-refractivity contribution >= 4 is 5.91 Å². The maximum absolute atomic E-state index is 12.2. The maximum Gasteiger partial charge on any atom is 0.250 e. The first-order chi connectivity index (χ1) is 10.5. The van der Waals surface area contributed by atoms with Crippen LogP contribution in [-0.4, -0.2) is 24.4 Å². The first-order valence-electron chi connectivity index (χ1n) is 7.51.